The third-order valence-corrected chi connectivity index (χ3v) is 5.65. The third kappa shape index (κ3) is 7.67. The molecule has 206 valence electrons. The maximum Gasteiger partial charge on any atom is 0.418 e. The molecule has 0 fully saturated rings. The highest BCUT2D eigenvalue weighted by Gasteiger charge is 2.50. The zero-order valence-electron chi connectivity index (χ0n) is 18.8. The number of methoxy groups -OCH3 is 1. The summed E-state index contributed by atoms with van der Waals surface area (Å²) in [4.78, 5) is 29.8. The molecule has 0 aliphatic carbocycles. The van der Waals surface area contributed by atoms with E-state index in [9.17, 15) is 27.2 Å². The van der Waals surface area contributed by atoms with Gasteiger partial charge in [-0.15, -0.1) is 0 Å². The normalized spacial score (nSPS) is 18.5. The number of ether oxygens (including phenoxy) is 3. The van der Waals surface area contributed by atoms with Gasteiger partial charge in [-0.05, 0) is 12.1 Å². The first-order chi connectivity index (χ1) is 17.2. The van der Waals surface area contributed by atoms with Crippen LogP contribution in [-0.2, 0) is 30.0 Å². The highest BCUT2D eigenvalue weighted by Crippen LogP contribution is 2.48. The quantitative estimate of drug-likeness (QED) is 0.183. The van der Waals surface area contributed by atoms with E-state index in [1.165, 1.54) is 0 Å². The average molecular weight is 616 g/mol. The van der Waals surface area contributed by atoms with E-state index in [2.05, 4.69) is 9.73 Å². The Bertz CT molecular complexity index is 1090. The van der Waals surface area contributed by atoms with Crippen molar-refractivity contribution in [1.82, 2.24) is 0 Å². The monoisotopic (exact) mass is 614 g/mol. The van der Waals surface area contributed by atoms with Crippen LogP contribution in [0.3, 0.4) is 0 Å². The van der Waals surface area contributed by atoms with Gasteiger partial charge in [-0.2, -0.15) is 13.2 Å². The van der Waals surface area contributed by atoms with Crippen molar-refractivity contribution in [3.05, 3.63) is 45.4 Å². The Labute approximate surface area is 227 Å². The maximum absolute atomic E-state index is 15.2. The van der Waals surface area contributed by atoms with Crippen LogP contribution in [0, 0.1) is 11.7 Å². The Balaban J connectivity index is 2.96. The van der Waals surface area contributed by atoms with Gasteiger partial charge in [0.05, 0.1) is 47.9 Å². The van der Waals surface area contributed by atoms with Gasteiger partial charge in [-0.1, -0.05) is 46.4 Å². The van der Waals surface area contributed by atoms with E-state index < -0.39 is 92.6 Å². The van der Waals surface area contributed by atoms with E-state index in [1.807, 2.05) is 0 Å². The van der Waals surface area contributed by atoms with Crippen molar-refractivity contribution in [1.29, 1.82) is 0 Å². The van der Waals surface area contributed by atoms with Crippen molar-refractivity contribution in [2.24, 2.45) is 16.6 Å². The lowest BCUT2D eigenvalue weighted by Gasteiger charge is -2.34. The summed E-state index contributed by atoms with van der Waals surface area (Å²) in [6.45, 7) is -3.08. The minimum Gasteiger partial charge on any atom is -0.468 e. The summed E-state index contributed by atoms with van der Waals surface area (Å²) in [5, 5.41) is -0.952. The van der Waals surface area contributed by atoms with E-state index in [0.717, 1.165) is 7.11 Å². The van der Waals surface area contributed by atoms with E-state index in [1.54, 1.807) is 0 Å². The number of halogens is 9. The lowest BCUT2D eigenvalue weighted by Crippen LogP contribution is -2.40. The molecule has 2 atom stereocenters. The number of rotatable bonds is 9. The molecule has 1 aliphatic heterocycles. The molecule has 0 spiro atoms. The first kappa shape index (κ1) is 31.5. The fourth-order valence-corrected chi connectivity index (χ4v) is 4.09. The lowest BCUT2D eigenvalue weighted by atomic mass is 9.73. The minimum absolute atomic E-state index is 0.00460. The van der Waals surface area contributed by atoms with Crippen molar-refractivity contribution in [2.45, 2.75) is 15.9 Å². The summed E-state index contributed by atoms with van der Waals surface area (Å²) in [5.41, 5.74) is 0.508. The number of nitrogens with two attached hydrogens (primary N) is 1. The molecule has 37 heavy (non-hydrogen) atoms. The molecule has 0 aromatic heterocycles. The Hall–Kier alpha value is -1.70. The zero-order chi connectivity index (χ0) is 28.1. The molecular weight excluding hydrogens is 597 g/mol. The Morgan fingerprint density at radius 1 is 1.19 bits per heavy atom. The SMILES string of the molecule is COC(=O)C1C(CF)=NC(COCCN)=C(C(=O)OCC(Cl)(Cl)Cl)C1c1c(F)ccc(Cl)c1C(F)(F)F. The molecule has 1 aromatic carbocycles. The Morgan fingerprint density at radius 2 is 1.84 bits per heavy atom. The van der Waals surface area contributed by atoms with Gasteiger partial charge in [0.25, 0.3) is 0 Å². The molecular formula is C21H19Cl4F5N2O5. The van der Waals surface area contributed by atoms with E-state index in [0.29, 0.717) is 12.1 Å². The standard InChI is InChI=1S/C21H19Cl4F5N2O5/c1-35-18(33)14-11(6-26)32-12(7-36-5-4-31)15(19(34)37-8-20(23,24)25)16(14)13-10(27)3-2-9(22)17(13)21(28,29)30/h2-3,14,16H,4-8,31H2,1H3. The highest BCUT2D eigenvalue weighted by molar-refractivity contribution is 6.67. The maximum atomic E-state index is 15.2. The van der Waals surface area contributed by atoms with Crippen LogP contribution >= 0.6 is 46.4 Å². The fourth-order valence-electron chi connectivity index (χ4n) is 3.66. The van der Waals surface area contributed by atoms with Gasteiger partial charge < -0.3 is 19.9 Å². The summed E-state index contributed by atoms with van der Waals surface area (Å²) in [6.07, 6.45) is -5.28. The molecule has 2 rings (SSSR count). The lowest BCUT2D eigenvalue weighted by molar-refractivity contribution is -0.145. The van der Waals surface area contributed by atoms with Crippen LogP contribution in [0.1, 0.15) is 17.0 Å². The zero-order valence-corrected chi connectivity index (χ0v) is 21.8. The average Bonchev–Trinajstić information content (AvgIpc) is 2.81. The number of benzene rings is 1. The predicted molar refractivity (Wildman–Crippen MR) is 126 cm³/mol. The van der Waals surface area contributed by atoms with Crippen LogP contribution in [0.25, 0.3) is 0 Å². The molecule has 2 unspecified atom stereocenters. The third-order valence-electron chi connectivity index (χ3n) is 5.01. The summed E-state index contributed by atoms with van der Waals surface area (Å²) < 4.78 is 84.3. The number of alkyl halides is 7. The second-order valence-corrected chi connectivity index (χ2v) is 10.3. The number of hydrogen-bond donors (Lipinski definition) is 1. The number of hydrogen-bond acceptors (Lipinski definition) is 7. The van der Waals surface area contributed by atoms with E-state index in [4.69, 9.17) is 61.6 Å². The molecule has 0 saturated heterocycles. The van der Waals surface area contributed by atoms with E-state index in [-0.39, 0.29) is 13.2 Å². The highest BCUT2D eigenvalue weighted by atomic mass is 35.6. The molecule has 1 heterocycles. The van der Waals surface area contributed by atoms with Crippen molar-refractivity contribution in [3.8, 4) is 0 Å². The van der Waals surface area contributed by atoms with Gasteiger partial charge in [0.15, 0.2) is 0 Å². The van der Waals surface area contributed by atoms with Crippen LogP contribution in [0.4, 0.5) is 22.0 Å². The second kappa shape index (κ2) is 12.9. The Kier molecular flexibility index (Phi) is 11.0. The minimum atomic E-state index is -5.28. The number of esters is 2. The van der Waals surface area contributed by atoms with Crippen LogP contribution in [-0.4, -0.2) is 61.6 Å². The summed E-state index contributed by atoms with van der Waals surface area (Å²) in [7, 11) is 0.860. The largest absolute Gasteiger partial charge is 0.468 e. The smallest absolute Gasteiger partial charge is 0.418 e. The van der Waals surface area contributed by atoms with Gasteiger partial charge in [-0.25, -0.2) is 13.6 Å². The number of nitrogens with zero attached hydrogens (tertiary/aromatic N) is 1. The number of carbonyl (C=O) groups is 2. The van der Waals surface area contributed by atoms with Crippen molar-refractivity contribution in [2.75, 3.05) is 40.1 Å². The molecule has 2 N–H and O–H groups in total. The molecule has 0 saturated carbocycles. The molecule has 0 bridgehead atoms. The molecule has 0 radical (unpaired) electrons. The number of carbonyl (C=O) groups excluding carboxylic acids is 2. The molecule has 0 amide bonds. The van der Waals surface area contributed by atoms with Crippen molar-refractivity contribution < 1.29 is 45.8 Å². The fraction of sp³-hybridized carbons (Fsp3) is 0.476. The topological polar surface area (TPSA) is 100 Å². The van der Waals surface area contributed by atoms with Crippen LogP contribution in [0.15, 0.2) is 28.4 Å². The Morgan fingerprint density at radius 3 is 2.35 bits per heavy atom. The second-order valence-electron chi connectivity index (χ2n) is 7.42. The van der Waals surface area contributed by atoms with Gasteiger partial charge >= 0.3 is 18.1 Å². The van der Waals surface area contributed by atoms with Crippen molar-refractivity contribution >= 4 is 64.1 Å². The first-order valence-electron chi connectivity index (χ1n) is 10.2. The van der Waals surface area contributed by atoms with Crippen molar-refractivity contribution in [3.63, 3.8) is 0 Å². The predicted octanol–water partition coefficient (Wildman–Crippen LogP) is 4.94. The first-order valence-corrected chi connectivity index (χ1v) is 11.7. The van der Waals surface area contributed by atoms with Crippen LogP contribution in [0.5, 0.6) is 0 Å². The number of aliphatic imine (C=N–C) groups is 1. The molecule has 16 heteroatoms. The molecule has 1 aromatic rings. The molecule has 7 nitrogen and oxygen atoms in total. The van der Waals surface area contributed by atoms with Crippen LogP contribution in [0.2, 0.25) is 5.02 Å². The van der Waals surface area contributed by atoms with E-state index >= 15 is 4.39 Å². The van der Waals surface area contributed by atoms with Gasteiger partial charge in [-0.3, -0.25) is 9.79 Å². The van der Waals surface area contributed by atoms with Gasteiger partial charge in [0.2, 0.25) is 3.79 Å². The van der Waals surface area contributed by atoms with Gasteiger partial charge in [0, 0.05) is 18.0 Å². The summed E-state index contributed by atoms with van der Waals surface area (Å²) in [5.74, 6) is -8.47. The van der Waals surface area contributed by atoms with Crippen LogP contribution < -0.4 is 5.73 Å². The summed E-state index contributed by atoms with van der Waals surface area (Å²) >= 11 is 22.6. The summed E-state index contributed by atoms with van der Waals surface area (Å²) in [6, 6.07) is 1.23. The van der Waals surface area contributed by atoms with Gasteiger partial charge in [0.1, 0.15) is 25.0 Å². The molecule has 1 aliphatic rings.